The summed E-state index contributed by atoms with van der Waals surface area (Å²) >= 11 is 0. The lowest BCUT2D eigenvalue weighted by molar-refractivity contribution is -0.129. The Kier molecular flexibility index (Phi) is 4.99. The monoisotopic (exact) mass is 282 g/mol. The summed E-state index contributed by atoms with van der Waals surface area (Å²) in [6, 6.07) is 6.31. The van der Waals surface area contributed by atoms with Gasteiger partial charge in [-0.25, -0.2) is 0 Å². The van der Waals surface area contributed by atoms with Crippen molar-refractivity contribution in [3.8, 4) is 0 Å². The number of hydrogen-bond acceptors (Lipinski definition) is 2. The van der Waals surface area contributed by atoms with E-state index in [1.165, 1.54) is 11.1 Å². The number of amides is 1. The highest BCUT2D eigenvalue weighted by Gasteiger charge is 2.40. The number of carbonyl (C=O) groups is 1. The molecule has 1 saturated carbocycles. The van der Waals surface area contributed by atoms with E-state index in [0.29, 0.717) is 0 Å². The first-order valence-corrected chi connectivity index (χ1v) is 6.59. The van der Waals surface area contributed by atoms with E-state index in [-0.39, 0.29) is 24.4 Å². The molecule has 1 unspecified atom stereocenters. The van der Waals surface area contributed by atoms with Crippen LogP contribution in [0.25, 0.3) is 0 Å². The number of rotatable bonds is 3. The summed E-state index contributed by atoms with van der Waals surface area (Å²) in [5.74, 6) is -0.0128. The lowest BCUT2D eigenvalue weighted by atomic mass is 9.77. The maximum Gasteiger partial charge on any atom is 0.240 e. The molecule has 1 aliphatic rings. The van der Waals surface area contributed by atoms with E-state index < -0.39 is 5.54 Å². The molecular weight excluding hydrogens is 260 g/mol. The summed E-state index contributed by atoms with van der Waals surface area (Å²) in [5, 5.41) is 3.03. The van der Waals surface area contributed by atoms with Gasteiger partial charge >= 0.3 is 0 Å². The number of hydrogen-bond donors (Lipinski definition) is 2. The fraction of sp³-hybridized carbons (Fsp3) is 0.533. The van der Waals surface area contributed by atoms with Gasteiger partial charge in [0.05, 0.1) is 11.6 Å². The molecule has 1 fully saturated rings. The van der Waals surface area contributed by atoms with Crippen LogP contribution in [0.15, 0.2) is 18.2 Å². The van der Waals surface area contributed by atoms with Gasteiger partial charge in [-0.15, -0.1) is 12.4 Å². The zero-order valence-electron chi connectivity index (χ0n) is 11.8. The molecule has 0 bridgehead atoms. The molecule has 0 spiro atoms. The fourth-order valence-electron chi connectivity index (χ4n) is 2.51. The third-order valence-corrected chi connectivity index (χ3v) is 3.94. The summed E-state index contributed by atoms with van der Waals surface area (Å²) in [4.78, 5) is 12.1. The van der Waals surface area contributed by atoms with Crippen LogP contribution < -0.4 is 11.1 Å². The minimum Gasteiger partial charge on any atom is -0.348 e. The molecule has 0 aromatic heterocycles. The van der Waals surface area contributed by atoms with Gasteiger partial charge in [0.25, 0.3) is 0 Å². The maximum atomic E-state index is 12.1. The lowest BCUT2D eigenvalue weighted by Crippen LogP contribution is -2.58. The van der Waals surface area contributed by atoms with Crippen molar-refractivity contribution in [1.29, 1.82) is 0 Å². The Hall–Kier alpha value is -1.06. The van der Waals surface area contributed by atoms with Crippen LogP contribution >= 0.6 is 12.4 Å². The van der Waals surface area contributed by atoms with Crippen molar-refractivity contribution < 1.29 is 4.79 Å². The molecule has 1 atom stereocenters. The van der Waals surface area contributed by atoms with Crippen molar-refractivity contribution >= 4 is 18.3 Å². The largest absolute Gasteiger partial charge is 0.348 e. The summed E-state index contributed by atoms with van der Waals surface area (Å²) in [5.41, 5.74) is 9.02. The van der Waals surface area contributed by atoms with Crippen molar-refractivity contribution in [2.45, 2.75) is 51.6 Å². The lowest BCUT2D eigenvalue weighted by Gasteiger charge is -2.37. The molecule has 1 aliphatic carbocycles. The van der Waals surface area contributed by atoms with Gasteiger partial charge in [0.15, 0.2) is 0 Å². The molecule has 0 heterocycles. The second kappa shape index (κ2) is 5.93. The van der Waals surface area contributed by atoms with E-state index >= 15 is 0 Å². The SMILES string of the molecule is Cc1ccc(C(C)NC(=O)C2(N)CCC2)c(C)c1.Cl. The summed E-state index contributed by atoms with van der Waals surface area (Å²) in [6.07, 6.45) is 2.67. The number of aryl methyl sites for hydroxylation is 2. The van der Waals surface area contributed by atoms with Gasteiger partial charge in [-0.1, -0.05) is 23.8 Å². The van der Waals surface area contributed by atoms with Crippen LogP contribution in [0.2, 0.25) is 0 Å². The van der Waals surface area contributed by atoms with Gasteiger partial charge in [-0.2, -0.15) is 0 Å². The minimum absolute atomic E-state index is 0. The molecule has 0 saturated heterocycles. The van der Waals surface area contributed by atoms with E-state index in [1.807, 2.05) is 6.92 Å². The highest BCUT2D eigenvalue weighted by molar-refractivity contribution is 5.87. The zero-order valence-corrected chi connectivity index (χ0v) is 12.6. The number of carbonyl (C=O) groups excluding carboxylic acids is 1. The second-order valence-corrected chi connectivity index (χ2v) is 5.56. The molecular formula is C15H23ClN2O. The van der Waals surface area contributed by atoms with Crippen molar-refractivity contribution in [2.24, 2.45) is 5.73 Å². The Bertz CT molecular complexity index is 469. The van der Waals surface area contributed by atoms with Gasteiger partial charge in [0.2, 0.25) is 5.91 Å². The Morgan fingerprint density at radius 2 is 2.00 bits per heavy atom. The second-order valence-electron chi connectivity index (χ2n) is 5.56. The topological polar surface area (TPSA) is 55.1 Å². The van der Waals surface area contributed by atoms with Crippen molar-refractivity contribution in [1.82, 2.24) is 5.32 Å². The number of halogens is 1. The van der Waals surface area contributed by atoms with E-state index in [9.17, 15) is 4.79 Å². The average molecular weight is 283 g/mol. The normalized spacial score (nSPS) is 17.9. The van der Waals surface area contributed by atoms with Crippen molar-refractivity contribution in [2.75, 3.05) is 0 Å². The van der Waals surface area contributed by atoms with Crippen LogP contribution in [-0.4, -0.2) is 11.4 Å². The van der Waals surface area contributed by atoms with Crippen LogP contribution in [0.4, 0.5) is 0 Å². The molecule has 0 aliphatic heterocycles. The van der Waals surface area contributed by atoms with E-state index in [2.05, 4.69) is 37.4 Å². The molecule has 1 amide bonds. The first-order valence-electron chi connectivity index (χ1n) is 6.59. The van der Waals surface area contributed by atoms with Gasteiger partial charge in [-0.05, 0) is 51.2 Å². The Balaban J connectivity index is 0.00000180. The van der Waals surface area contributed by atoms with Crippen molar-refractivity contribution in [3.05, 3.63) is 34.9 Å². The third-order valence-electron chi connectivity index (χ3n) is 3.94. The maximum absolute atomic E-state index is 12.1. The van der Waals surface area contributed by atoms with E-state index in [0.717, 1.165) is 24.8 Å². The van der Waals surface area contributed by atoms with E-state index in [1.54, 1.807) is 0 Å². The average Bonchev–Trinajstić information content (AvgIpc) is 2.25. The molecule has 0 radical (unpaired) electrons. The summed E-state index contributed by atoms with van der Waals surface area (Å²) in [7, 11) is 0. The first kappa shape index (κ1) is 16.0. The van der Waals surface area contributed by atoms with E-state index in [4.69, 9.17) is 5.73 Å². The molecule has 1 aromatic carbocycles. The Morgan fingerprint density at radius 1 is 1.37 bits per heavy atom. The zero-order chi connectivity index (χ0) is 13.3. The highest BCUT2D eigenvalue weighted by Crippen LogP contribution is 2.30. The van der Waals surface area contributed by atoms with Gasteiger partial charge in [-0.3, -0.25) is 4.79 Å². The Labute approximate surface area is 121 Å². The molecule has 3 N–H and O–H groups in total. The smallest absolute Gasteiger partial charge is 0.240 e. The third kappa shape index (κ3) is 3.28. The molecule has 2 rings (SSSR count). The number of nitrogens with one attached hydrogen (secondary N) is 1. The van der Waals surface area contributed by atoms with Crippen LogP contribution in [0.5, 0.6) is 0 Å². The summed E-state index contributed by atoms with van der Waals surface area (Å²) < 4.78 is 0. The first-order chi connectivity index (χ1) is 8.42. The number of benzene rings is 1. The minimum atomic E-state index is -0.618. The standard InChI is InChI=1S/C15H22N2O.ClH/c1-10-5-6-13(11(2)9-10)12(3)17-14(18)15(16)7-4-8-15;/h5-6,9,12H,4,7-8,16H2,1-3H3,(H,17,18);1H. The quantitative estimate of drug-likeness (QED) is 0.896. The van der Waals surface area contributed by atoms with Crippen LogP contribution in [0, 0.1) is 13.8 Å². The van der Waals surface area contributed by atoms with Crippen molar-refractivity contribution in [3.63, 3.8) is 0 Å². The highest BCUT2D eigenvalue weighted by atomic mass is 35.5. The van der Waals surface area contributed by atoms with Gasteiger partial charge in [0.1, 0.15) is 0 Å². The molecule has 106 valence electrons. The van der Waals surface area contributed by atoms with Crippen LogP contribution in [0.1, 0.15) is 48.9 Å². The predicted molar refractivity (Wildman–Crippen MR) is 80.5 cm³/mol. The van der Waals surface area contributed by atoms with Crippen LogP contribution in [0.3, 0.4) is 0 Å². The van der Waals surface area contributed by atoms with Gasteiger partial charge in [0, 0.05) is 0 Å². The molecule has 1 aromatic rings. The molecule has 3 nitrogen and oxygen atoms in total. The van der Waals surface area contributed by atoms with Gasteiger partial charge < -0.3 is 11.1 Å². The summed E-state index contributed by atoms with van der Waals surface area (Å²) in [6.45, 7) is 6.16. The fourth-order valence-corrected chi connectivity index (χ4v) is 2.51. The number of nitrogens with two attached hydrogens (primary N) is 1. The predicted octanol–water partition coefficient (Wildman–Crippen LogP) is 2.78. The van der Waals surface area contributed by atoms with Crippen LogP contribution in [-0.2, 0) is 4.79 Å². The molecule has 19 heavy (non-hydrogen) atoms. The Morgan fingerprint density at radius 3 is 2.47 bits per heavy atom. The molecule has 4 heteroatoms.